The van der Waals surface area contributed by atoms with Gasteiger partial charge in [-0.2, -0.15) is 5.21 Å². The van der Waals surface area contributed by atoms with E-state index in [2.05, 4.69) is 25.9 Å². The number of H-pyrrole nitrogens is 1. The predicted molar refractivity (Wildman–Crippen MR) is 70.2 cm³/mol. The summed E-state index contributed by atoms with van der Waals surface area (Å²) in [5.74, 6) is 0.681. The largest absolute Gasteiger partial charge is 0.359 e. The number of nitrogens with zero attached hydrogens (tertiary/aromatic N) is 3. The Balaban J connectivity index is -0.0000000380. The van der Waals surface area contributed by atoms with Crippen molar-refractivity contribution in [3.63, 3.8) is 0 Å². The molecule has 0 aliphatic rings. The van der Waals surface area contributed by atoms with Crippen LogP contribution in [0.5, 0.6) is 0 Å². The van der Waals surface area contributed by atoms with Crippen molar-refractivity contribution in [1.82, 2.24) is 25.9 Å². The Kier molecular flexibility index (Phi) is 42.8. The van der Waals surface area contributed by atoms with Gasteiger partial charge >= 0.3 is 0 Å². The third kappa shape index (κ3) is 29.4. The van der Waals surface area contributed by atoms with Gasteiger partial charge in [-0.15, -0.1) is 10.2 Å². The lowest BCUT2D eigenvalue weighted by molar-refractivity contribution is -0.118. The predicted octanol–water partition coefficient (Wildman–Crippen LogP) is 2.19. The molecule has 1 rings (SSSR count). The Morgan fingerprint density at radius 2 is 1.62 bits per heavy atom. The molecule has 16 heavy (non-hydrogen) atoms. The summed E-state index contributed by atoms with van der Waals surface area (Å²) in [5, 5.41) is 15.1. The van der Waals surface area contributed by atoms with E-state index in [0.29, 0.717) is 5.82 Å². The second-order valence-electron chi connectivity index (χ2n) is 1.77. The number of tetrazole rings is 1. The molecule has 0 saturated heterocycles. The lowest BCUT2D eigenvalue weighted by Crippen LogP contribution is -2.11. The summed E-state index contributed by atoms with van der Waals surface area (Å²) >= 11 is 0. The highest BCUT2D eigenvalue weighted by atomic mass is 16.1. The van der Waals surface area contributed by atoms with Crippen molar-refractivity contribution in [2.75, 3.05) is 7.05 Å². The number of carbonyl (C=O) groups excluding carboxylic acids is 1. The number of rotatable bonds is 0. The van der Waals surface area contributed by atoms with Gasteiger partial charge in [0.1, 0.15) is 0 Å². The van der Waals surface area contributed by atoms with Crippen LogP contribution in [0.25, 0.3) is 0 Å². The van der Waals surface area contributed by atoms with Crippen molar-refractivity contribution >= 4 is 5.91 Å². The second-order valence-corrected chi connectivity index (χ2v) is 1.77. The molecule has 0 spiro atoms. The van der Waals surface area contributed by atoms with E-state index in [-0.39, 0.29) is 28.2 Å². The third-order valence-corrected chi connectivity index (χ3v) is 0.803. The molecule has 0 radical (unpaired) electrons. The van der Waals surface area contributed by atoms with Crippen molar-refractivity contribution < 1.29 is 4.79 Å². The summed E-state index contributed by atoms with van der Waals surface area (Å²) in [5.41, 5.74) is 0. The first-order valence-electron chi connectivity index (χ1n) is 4.05. The first-order chi connectivity index (χ1) is 6.16. The Morgan fingerprint density at radius 3 is 1.69 bits per heavy atom. The molecule has 1 aromatic heterocycles. The van der Waals surface area contributed by atoms with Crippen molar-refractivity contribution in [2.24, 2.45) is 0 Å². The highest BCUT2D eigenvalue weighted by molar-refractivity contribution is 5.72. The second kappa shape index (κ2) is 23.4. The molecule has 1 amide bonds. The molecule has 0 atom stereocenters. The van der Waals surface area contributed by atoms with Gasteiger partial charge in [-0.3, -0.25) is 4.79 Å². The number of nitrogens with one attached hydrogen (secondary N) is 2. The van der Waals surface area contributed by atoms with Crippen LogP contribution in [0, 0.1) is 6.92 Å². The molecule has 0 aromatic carbocycles. The van der Waals surface area contributed by atoms with Gasteiger partial charge in [0, 0.05) is 14.0 Å². The maximum atomic E-state index is 9.70. The number of carbonyl (C=O) groups is 1. The molecule has 0 unspecified atom stereocenters. The Hall–Kier alpha value is -1.46. The van der Waals surface area contributed by atoms with Gasteiger partial charge in [-0.1, -0.05) is 41.3 Å². The zero-order chi connectivity index (χ0) is 10.7. The minimum absolute atomic E-state index is 0. The molecule has 0 aliphatic carbocycles. The molecule has 0 saturated carbocycles. The Bertz CT molecular complexity index is 199. The van der Waals surface area contributed by atoms with Crippen LogP contribution in [0.3, 0.4) is 0 Å². The first-order valence-corrected chi connectivity index (χ1v) is 4.05. The minimum Gasteiger partial charge on any atom is -0.359 e. The van der Waals surface area contributed by atoms with Crippen molar-refractivity contribution in [1.29, 1.82) is 0 Å². The molecule has 1 aromatic rings. The van der Waals surface area contributed by atoms with Gasteiger partial charge < -0.3 is 5.32 Å². The molecule has 100 valence electrons. The molecule has 0 fully saturated rings. The van der Waals surface area contributed by atoms with Gasteiger partial charge in [0.15, 0.2) is 5.82 Å². The van der Waals surface area contributed by atoms with Gasteiger partial charge in [-0.25, -0.2) is 0 Å². The fraction of sp³-hybridized carbons (Fsp3) is 0.800. The van der Waals surface area contributed by atoms with Crippen LogP contribution in [-0.2, 0) is 4.79 Å². The van der Waals surface area contributed by atoms with Gasteiger partial charge in [-0.05, 0) is 6.92 Å². The van der Waals surface area contributed by atoms with Gasteiger partial charge in [0.2, 0.25) is 5.91 Å². The van der Waals surface area contributed by atoms with Crippen LogP contribution in [0.2, 0.25) is 0 Å². The molecular weight excluding hydrogens is 206 g/mol. The smallest absolute Gasteiger partial charge is 0.216 e. The van der Waals surface area contributed by atoms with E-state index in [1.165, 1.54) is 6.92 Å². The number of hydrogen-bond acceptors (Lipinski definition) is 4. The van der Waals surface area contributed by atoms with E-state index in [0.717, 1.165) is 0 Å². The van der Waals surface area contributed by atoms with Crippen molar-refractivity contribution in [3.05, 3.63) is 5.82 Å². The third-order valence-electron chi connectivity index (χ3n) is 0.803. The first kappa shape index (κ1) is 29.3. The molecule has 0 bridgehead atoms. The number of amides is 1. The van der Waals surface area contributed by atoms with E-state index < -0.39 is 0 Å². The Labute approximate surface area is 100 Å². The minimum atomic E-state index is 0. The van der Waals surface area contributed by atoms with Crippen LogP contribution < -0.4 is 5.32 Å². The van der Waals surface area contributed by atoms with E-state index in [9.17, 15) is 4.79 Å². The van der Waals surface area contributed by atoms with Crippen molar-refractivity contribution in [3.8, 4) is 0 Å². The zero-order valence-electron chi connectivity index (χ0n) is 8.75. The summed E-state index contributed by atoms with van der Waals surface area (Å²) in [7, 11) is 1.60. The standard InChI is InChI=1S/C3H7NO.C2H4N4.C2H6.3CH4/c1-3(5)4-2;1-2-3-5-6-4-2;1-2;;;/h1-2H3,(H,4,5);1H3,(H,3,4,5,6);1-2H3;3*1H4. The SMILES string of the molecule is C.C.C.CC.CNC(C)=O.Cc1nn[nH]n1. The van der Waals surface area contributed by atoms with E-state index in [1.807, 2.05) is 13.8 Å². The monoisotopic (exact) mass is 235 g/mol. The van der Waals surface area contributed by atoms with Crippen molar-refractivity contribution in [2.45, 2.75) is 50.0 Å². The number of aryl methyl sites for hydroxylation is 1. The van der Waals surface area contributed by atoms with Crippen LogP contribution in [0.1, 0.15) is 48.9 Å². The number of aromatic nitrogens is 4. The maximum Gasteiger partial charge on any atom is 0.216 e. The fourth-order valence-electron chi connectivity index (χ4n) is 0.212. The van der Waals surface area contributed by atoms with Crippen LogP contribution in [0.4, 0.5) is 0 Å². The van der Waals surface area contributed by atoms with Gasteiger partial charge in [0.05, 0.1) is 0 Å². The normalized spacial score (nSPS) is 5.81. The summed E-state index contributed by atoms with van der Waals surface area (Å²) in [6, 6.07) is 0. The topological polar surface area (TPSA) is 83.6 Å². The Morgan fingerprint density at radius 1 is 1.25 bits per heavy atom. The molecule has 6 heteroatoms. The van der Waals surface area contributed by atoms with E-state index in [4.69, 9.17) is 0 Å². The maximum absolute atomic E-state index is 9.70. The molecule has 6 nitrogen and oxygen atoms in total. The van der Waals surface area contributed by atoms with Crippen LogP contribution in [-0.4, -0.2) is 33.6 Å². The van der Waals surface area contributed by atoms with E-state index in [1.54, 1.807) is 14.0 Å². The molecule has 0 aliphatic heterocycles. The lowest BCUT2D eigenvalue weighted by Gasteiger charge is -1.80. The summed E-state index contributed by atoms with van der Waals surface area (Å²) < 4.78 is 0. The quantitative estimate of drug-likeness (QED) is 0.722. The number of hydrogen-bond donors (Lipinski definition) is 2. The highest BCUT2D eigenvalue weighted by Crippen LogP contribution is 1.69. The average molecular weight is 235 g/mol. The molecule has 1 heterocycles. The molecular formula is C10H29N5O. The highest BCUT2D eigenvalue weighted by Gasteiger charge is 1.78. The van der Waals surface area contributed by atoms with Gasteiger partial charge in [0.25, 0.3) is 0 Å². The molecule has 2 N–H and O–H groups in total. The summed E-state index contributed by atoms with van der Waals surface area (Å²) in [6.45, 7) is 7.24. The summed E-state index contributed by atoms with van der Waals surface area (Å²) in [6.07, 6.45) is 0. The van der Waals surface area contributed by atoms with Crippen LogP contribution >= 0.6 is 0 Å². The lowest BCUT2D eigenvalue weighted by atomic mass is 10.7. The van der Waals surface area contributed by atoms with E-state index >= 15 is 0 Å². The summed E-state index contributed by atoms with van der Waals surface area (Å²) in [4.78, 5) is 9.70. The zero-order valence-corrected chi connectivity index (χ0v) is 8.75. The average Bonchev–Trinajstić information content (AvgIpc) is 2.60. The van der Waals surface area contributed by atoms with Crippen LogP contribution in [0.15, 0.2) is 0 Å². The number of aromatic amines is 1. The fourth-order valence-corrected chi connectivity index (χ4v) is 0.212.